The van der Waals surface area contributed by atoms with Crippen LogP contribution in [0.25, 0.3) is 0 Å². The number of nitrogens with two attached hydrogens (primary N) is 1. The van der Waals surface area contributed by atoms with Gasteiger partial charge in [0.05, 0.1) is 0 Å². The van der Waals surface area contributed by atoms with Crippen LogP contribution in [0.5, 0.6) is 0 Å². The van der Waals surface area contributed by atoms with Crippen molar-refractivity contribution >= 4 is 5.82 Å². The molecule has 0 amide bonds. The van der Waals surface area contributed by atoms with Gasteiger partial charge in [0.2, 0.25) is 0 Å². The molecular weight excluding hydrogens is 169 g/mol. The van der Waals surface area contributed by atoms with Crippen LogP contribution in [0.4, 0.5) is 10.2 Å². The van der Waals surface area contributed by atoms with E-state index in [2.05, 4.69) is 4.98 Å². The van der Waals surface area contributed by atoms with Crippen LogP contribution in [0.1, 0.15) is 0 Å². The monoisotopic (exact) mass is 181 g/mol. The normalized spacial score (nSPS) is 17.2. The standard InChI is InChI=1S/C9H12FN3/c10-8-2-1-3-12-9(8)13-5-7(4-11)6-13/h1-3,7H,4-6,11H2. The van der Waals surface area contributed by atoms with E-state index in [0.717, 1.165) is 13.1 Å². The van der Waals surface area contributed by atoms with Crippen molar-refractivity contribution in [2.45, 2.75) is 0 Å². The molecule has 0 bridgehead atoms. The minimum atomic E-state index is -0.252. The van der Waals surface area contributed by atoms with Crippen LogP contribution < -0.4 is 10.6 Å². The SMILES string of the molecule is NCC1CN(c2ncccc2F)C1. The first-order valence-electron chi connectivity index (χ1n) is 4.37. The van der Waals surface area contributed by atoms with Gasteiger partial charge in [0, 0.05) is 25.2 Å². The maximum atomic E-state index is 13.2. The van der Waals surface area contributed by atoms with Gasteiger partial charge in [-0.3, -0.25) is 0 Å². The molecule has 0 spiro atoms. The molecule has 0 aromatic carbocycles. The third kappa shape index (κ3) is 1.49. The summed E-state index contributed by atoms with van der Waals surface area (Å²) >= 11 is 0. The molecule has 1 aliphatic heterocycles. The van der Waals surface area contributed by atoms with Crippen LogP contribution in [0.15, 0.2) is 18.3 Å². The fraction of sp³-hybridized carbons (Fsp3) is 0.444. The Morgan fingerprint density at radius 2 is 2.38 bits per heavy atom. The molecule has 0 saturated carbocycles. The average Bonchev–Trinajstić information content (AvgIpc) is 2.06. The van der Waals surface area contributed by atoms with Crippen LogP contribution >= 0.6 is 0 Å². The zero-order valence-corrected chi connectivity index (χ0v) is 7.28. The fourth-order valence-corrected chi connectivity index (χ4v) is 1.50. The molecule has 1 aromatic rings. The van der Waals surface area contributed by atoms with Crippen molar-refractivity contribution in [2.75, 3.05) is 24.5 Å². The van der Waals surface area contributed by atoms with Gasteiger partial charge in [-0.25, -0.2) is 9.37 Å². The summed E-state index contributed by atoms with van der Waals surface area (Å²) in [6, 6.07) is 3.02. The van der Waals surface area contributed by atoms with Gasteiger partial charge < -0.3 is 10.6 Å². The van der Waals surface area contributed by atoms with Gasteiger partial charge in [-0.2, -0.15) is 0 Å². The smallest absolute Gasteiger partial charge is 0.165 e. The van der Waals surface area contributed by atoms with E-state index in [1.807, 2.05) is 4.90 Å². The Kier molecular flexibility index (Phi) is 2.14. The Balaban J connectivity index is 2.07. The van der Waals surface area contributed by atoms with Gasteiger partial charge in [-0.1, -0.05) is 0 Å². The molecule has 0 unspecified atom stereocenters. The highest BCUT2D eigenvalue weighted by molar-refractivity contribution is 5.42. The third-order valence-electron chi connectivity index (χ3n) is 2.33. The van der Waals surface area contributed by atoms with Crippen molar-refractivity contribution in [2.24, 2.45) is 11.7 Å². The quantitative estimate of drug-likeness (QED) is 0.727. The molecule has 1 saturated heterocycles. The molecule has 1 fully saturated rings. The number of hydrogen-bond donors (Lipinski definition) is 1. The van der Waals surface area contributed by atoms with Gasteiger partial charge in [0.15, 0.2) is 11.6 Å². The van der Waals surface area contributed by atoms with Crippen LogP contribution in [0.2, 0.25) is 0 Å². The summed E-state index contributed by atoms with van der Waals surface area (Å²) in [4.78, 5) is 5.89. The first kappa shape index (κ1) is 8.44. The van der Waals surface area contributed by atoms with Crippen molar-refractivity contribution in [3.05, 3.63) is 24.1 Å². The molecule has 2 N–H and O–H groups in total. The summed E-state index contributed by atoms with van der Waals surface area (Å²) in [7, 11) is 0. The van der Waals surface area contributed by atoms with Crippen molar-refractivity contribution in [3.8, 4) is 0 Å². The van der Waals surface area contributed by atoms with E-state index in [9.17, 15) is 4.39 Å². The van der Waals surface area contributed by atoms with Gasteiger partial charge >= 0.3 is 0 Å². The molecule has 1 aliphatic rings. The molecule has 3 nitrogen and oxygen atoms in total. The third-order valence-corrected chi connectivity index (χ3v) is 2.33. The summed E-state index contributed by atoms with van der Waals surface area (Å²) < 4.78 is 13.2. The second-order valence-electron chi connectivity index (χ2n) is 3.32. The Morgan fingerprint density at radius 3 is 3.00 bits per heavy atom. The Morgan fingerprint density at radius 1 is 1.62 bits per heavy atom. The number of rotatable bonds is 2. The number of halogens is 1. The van der Waals surface area contributed by atoms with E-state index >= 15 is 0 Å². The predicted molar refractivity (Wildman–Crippen MR) is 49.0 cm³/mol. The summed E-state index contributed by atoms with van der Waals surface area (Å²) in [6.07, 6.45) is 1.61. The van der Waals surface area contributed by atoms with Crippen LogP contribution in [-0.4, -0.2) is 24.6 Å². The topological polar surface area (TPSA) is 42.1 Å². The zero-order chi connectivity index (χ0) is 9.26. The van der Waals surface area contributed by atoms with Crippen molar-refractivity contribution in [1.82, 2.24) is 4.98 Å². The van der Waals surface area contributed by atoms with Crippen molar-refractivity contribution < 1.29 is 4.39 Å². The minimum absolute atomic E-state index is 0.252. The highest BCUT2D eigenvalue weighted by Gasteiger charge is 2.27. The van der Waals surface area contributed by atoms with E-state index in [4.69, 9.17) is 5.73 Å². The maximum absolute atomic E-state index is 13.2. The maximum Gasteiger partial charge on any atom is 0.165 e. The summed E-state index contributed by atoms with van der Waals surface area (Å²) in [5, 5.41) is 0. The molecule has 2 rings (SSSR count). The summed E-state index contributed by atoms with van der Waals surface area (Å²) in [5.74, 6) is 0.701. The van der Waals surface area contributed by atoms with Crippen LogP contribution in [0, 0.1) is 11.7 Å². The Bertz CT molecular complexity index is 297. The van der Waals surface area contributed by atoms with E-state index < -0.39 is 0 Å². The largest absolute Gasteiger partial charge is 0.353 e. The lowest BCUT2D eigenvalue weighted by Gasteiger charge is -2.39. The summed E-state index contributed by atoms with van der Waals surface area (Å²) in [6.45, 7) is 2.32. The lowest BCUT2D eigenvalue weighted by atomic mass is 10.0. The number of anilines is 1. The summed E-state index contributed by atoms with van der Waals surface area (Å²) in [5.41, 5.74) is 5.47. The van der Waals surface area contributed by atoms with Crippen molar-refractivity contribution in [3.63, 3.8) is 0 Å². The number of pyridine rings is 1. The molecular formula is C9H12FN3. The lowest BCUT2D eigenvalue weighted by molar-refractivity contribution is 0.410. The first-order valence-corrected chi connectivity index (χ1v) is 4.37. The first-order chi connectivity index (χ1) is 6.31. The van der Waals surface area contributed by atoms with Crippen LogP contribution in [-0.2, 0) is 0 Å². The van der Waals surface area contributed by atoms with E-state index in [0.29, 0.717) is 18.3 Å². The molecule has 2 heterocycles. The molecule has 13 heavy (non-hydrogen) atoms. The lowest BCUT2D eigenvalue weighted by Crippen LogP contribution is -2.50. The average molecular weight is 181 g/mol. The molecule has 4 heteroatoms. The van der Waals surface area contributed by atoms with E-state index in [1.54, 1.807) is 12.3 Å². The van der Waals surface area contributed by atoms with Gasteiger partial charge in [-0.05, 0) is 18.7 Å². The Labute approximate surface area is 76.4 Å². The van der Waals surface area contributed by atoms with E-state index in [1.165, 1.54) is 6.07 Å². The molecule has 70 valence electrons. The highest BCUT2D eigenvalue weighted by atomic mass is 19.1. The second-order valence-corrected chi connectivity index (χ2v) is 3.32. The van der Waals surface area contributed by atoms with Gasteiger partial charge in [-0.15, -0.1) is 0 Å². The highest BCUT2D eigenvalue weighted by Crippen LogP contribution is 2.23. The molecule has 0 radical (unpaired) electrons. The van der Waals surface area contributed by atoms with Gasteiger partial charge in [0.1, 0.15) is 0 Å². The molecule has 0 atom stereocenters. The van der Waals surface area contributed by atoms with Crippen LogP contribution in [0.3, 0.4) is 0 Å². The number of aromatic nitrogens is 1. The fourth-order valence-electron chi connectivity index (χ4n) is 1.50. The minimum Gasteiger partial charge on any atom is -0.353 e. The molecule has 0 aliphatic carbocycles. The zero-order valence-electron chi connectivity index (χ0n) is 7.28. The number of nitrogens with zero attached hydrogens (tertiary/aromatic N) is 2. The molecule has 1 aromatic heterocycles. The van der Waals surface area contributed by atoms with Gasteiger partial charge in [0.25, 0.3) is 0 Å². The van der Waals surface area contributed by atoms with E-state index in [-0.39, 0.29) is 5.82 Å². The Hall–Kier alpha value is -1.16. The second kappa shape index (κ2) is 3.30. The van der Waals surface area contributed by atoms with Crippen molar-refractivity contribution in [1.29, 1.82) is 0 Å². The number of hydrogen-bond acceptors (Lipinski definition) is 3. The predicted octanol–water partition coefficient (Wildman–Crippen LogP) is 0.616.